The number of benzene rings is 1. The highest BCUT2D eigenvalue weighted by molar-refractivity contribution is 7.80. The molecule has 3 atom stereocenters. The summed E-state index contributed by atoms with van der Waals surface area (Å²) in [5.41, 5.74) is 2.40. The van der Waals surface area contributed by atoms with Crippen molar-refractivity contribution in [2.45, 2.75) is 32.7 Å². The Kier molecular flexibility index (Phi) is 5.51. The fraction of sp³-hybridized carbons (Fsp3) is 0.529. The Morgan fingerprint density at radius 1 is 1.36 bits per heavy atom. The molecule has 2 unspecified atom stereocenters. The van der Waals surface area contributed by atoms with E-state index in [1.54, 1.807) is 6.92 Å². The summed E-state index contributed by atoms with van der Waals surface area (Å²) in [5, 5.41) is 9.39. The molecular weight excluding hydrogens is 298 g/mol. The maximum atomic E-state index is 12.3. The van der Waals surface area contributed by atoms with Gasteiger partial charge in [0.15, 0.2) is 0 Å². The zero-order chi connectivity index (χ0) is 16.3. The number of amides is 1. The Balaban J connectivity index is 2.08. The molecular formula is C17H23NO3S. The minimum atomic E-state index is -0.911. The Morgan fingerprint density at radius 2 is 2.00 bits per heavy atom. The Hall–Kier alpha value is -1.49. The van der Waals surface area contributed by atoms with Crippen molar-refractivity contribution in [2.75, 3.05) is 12.3 Å². The van der Waals surface area contributed by atoms with Crippen molar-refractivity contribution in [3.63, 3.8) is 0 Å². The number of carboxylic acids is 1. The first-order chi connectivity index (χ1) is 10.4. The number of aryl methyl sites for hydroxylation is 1. The number of rotatable bonds is 5. The van der Waals surface area contributed by atoms with E-state index in [2.05, 4.69) is 36.9 Å². The van der Waals surface area contributed by atoms with Crippen LogP contribution in [0.25, 0.3) is 0 Å². The van der Waals surface area contributed by atoms with Gasteiger partial charge in [0, 0.05) is 18.2 Å². The molecule has 1 saturated heterocycles. The van der Waals surface area contributed by atoms with Crippen LogP contribution in [0.1, 0.15) is 24.5 Å². The number of likely N-dealkylation sites (tertiary alicyclic amines) is 1. The lowest BCUT2D eigenvalue weighted by Crippen LogP contribution is -2.43. The quantitative estimate of drug-likeness (QED) is 0.819. The summed E-state index contributed by atoms with van der Waals surface area (Å²) >= 11 is 4.15. The molecule has 0 aromatic heterocycles. The highest BCUT2D eigenvalue weighted by Crippen LogP contribution is 2.28. The predicted molar refractivity (Wildman–Crippen MR) is 89.1 cm³/mol. The molecule has 0 spiro atoms. The summed E-state index contributed by atoms with van der Waals surface area (Å²) in [6.45, 7) is 4.35. The van der Waals surface area contributed by atoms with Gasteiger partial charge in [0.05, 0.1) is 0 Å². The monoisotopic (exact) mass is 321 g/mol. The second-order valence-electron chi connectivity index (χ2n) is 6.22. The predicted octanol–water partition coefficient (Wildman–Crippen LogP) is 2.41. The molecule has 22 heavy (non-hydrogen) atoms. The van der Waals surface area contributed by atoms with E-state index in [-0.39, 0.29) is 17.7 Å². The van der Waals surface area contributed by atoms with Gasteiger partial charge in [0.2, 0.25) is 5.91 Å². The van der Waals surface area contributed by atoms with Crippen molar-refractivity contribution in [1.29, 1.82) is 0 Å². The Bertz CT molecular complexity index is 543. The third-order valence-electron chi connectivity index (χ3n) is 4.30. The van der Waals surface area contributed by atoms with Gasteiger partial charge in [-0.25, -0.2) is 4.79 Å². The number of aliphatic carboxylic acids is 1. The van der Waals surface area contributed by atoms with Gasteiger partial charge in [-0.2, -0.15) is 12.6 Å². The molecule has 2 rings (SSSR count). The molecule has 120 valence electrons. The maximum Gasteiger partial charge on any atom is 0.326 e. The Morgan fingerprint density at radius 3 is 2.55 bits per heavy atom. The number of nitrogens with zero attached hydrogens (tertiary/aromatic N) is 1. The van der Waals surface area contributed by atoms with Crippen molar-refractivity contribution < 1.29 is 14.7 Å². The third kappa shape index (κ3) is 3.83. The number of hydrogen-bond donors (Lipinski definition) is 2. The molecule has 1 heterocycles. The molecule has 5 heteroatoms. The minimum Gasteiger partial charge on any atom is -0.480 e. The van der Waals surface area contributed by atoms with E-state index in [1.165, 1.54) is 16.0 Å². The van der Waals surface area contributed by atoms with Gasteiger partial charge in [-0.3, -0.25) is 4.79 Å². The van der Waals surface area contributed by atoms with Crippen LogP contribution in [-0.4, -0.2) is 40.2 Å². The highest BCUT2D eigenvalue weighted by atomic mass is 32.1. The number of hydrogen-bond acceptors (Lipinski definition) is 3. The van der Waals surface area contributed by atoms with E-state index >= 15 is 0 Å². The van der Waals surface area contributed by atoms with Crippen LogP contribution in [0.3, 0.4) is 0 Å². The van der Waals surface area contributed by atoms with Gasteiger partial charge < -0.3 is 10.0 Å². The van der Waals surface area contributed by atoms with Crippen LogP contribution in [0, 0.1) is 18.8 Å². The van der Waals surface area contributed by atoms with E-state index in [4.69, 9.17) is 0 Å². The van der Waals surface area contributed by atoms with Gasteiger partial charge in [0.25, 0.3) is 0 Å². The largest absolute Gasteiger partial charge is 0.480 e. The normalized spacial score (nSPS) is 22.6. The maximum absolute atomic E-state index is 12.3. The molecule has 1 aliphatic heterocycles. The van der Waals surface area contributed by atoms with Crippen molar-refractivity contribution in [2.24, 2.45) is 11.8 Å². The summed E-state index contributed by atoms with van der Waals surface area (Å²) < 4.78 is 0. The second-order valence-corrected chi connectivity index (χ2v) is 6.58. The number of carbonyl (C=O) groups is 2. The highest BCUT2D eigenvalue weighted by Gasteiger charge is 2.40. The van der Waals surface area contributed by atoms with Gasteiger partial charge in [0.1, 0.15) is 6.04 Å². The smallest absolute Gasteiger partial charge is 0.326 e. The van der Waals surface area contributed by atoms with Crippen molar-refractivity contribution in [3.05, 3.63) is 35.4 Å². The van der Waals surface area contributed by atoms with E-state index in [1.807, 2.05) is 6.92 Å². The topological polar surface area (TPSA) is 57.6 Å². The van der Waals surface area contributed by atoms with E-state index in [0.717, 1.165) is 6.42 Å². The first-order valence-electron chi connectivity index (χ1n) is 7.62. The summed E-state index contributed by atoms with van der Waals surface area (Å²) in [6.07, 6.45) is 1.33. The van der Waals surface area contributed by atoms with Gasteiger partial charge >= 0.3 is 5.97 Å². The molecule has 1 aromatic carbocycles. The zero-order valence-electron chi connectivity index (χ0n) is 13.0. The molecule has 1 amide bonds. The second kappa shape index (κ2) is 7.18. The SMILES string of the molecule is Cc1ccc(CC2C[C@@H](C(=O)O)N(C(=O)C(C)CS)C2)cc1. The fourth-order valence-corrected chi connectivity index (χ4v) is 3.12. The molecule has 0 radical (unpaired) electrons. The van der Waals surface area contributed by atoms with Gasteiger partial charge in [-0.15, -0.1) is 0 Å². The number of carbonyl (C=O) groups excluding carboxylic acids is 1. The Labute approximate surface area is 136 Å². The van der Waals surface area contributed by atoms with E-state index in [9.17, 15) is 14.7 Å². The third-order valence-corrected chi connectivity index (χ3v) is 4.84. The van der Waals surface area contributed by atoms with Crippen LogP contribution in [0.15, 0.2) is 24.3 Å². The van der Waals surface area contributed by atoms with Crippen molar-refractivity contribution >= 4 is 24.5 Å². The van der Waals surface area contributed by atoms with Crippen molar-refractivity contribution in [1.82, 2.24) is 4.90 Å². The van der Waals surface area contributed by atoms with Gasteiger partial charge in [-0.1, -0.05) is 36.8 Å². The molecule has 0 bridgehead atoms. The molecule has 1 aromatic rings. The molecule has 1 N–H and O–H groups in total. The molecule has 1 aliphatic rings. The average Bonchev–Trinajstić information content (AvgIpc) is 2.92. The summed E-state index contributed by atoms with van der Waals surface area (Å²) in [5.74, 6) is -0.632. The lowest BCUT2D eigenvalue weighted by atomic mass is 9.96. The molecule has 4 nitrogen and oxygen atoms in total. The first-order valence-corrected chi connectivity index (χ1v) is 8.25. The van der Waals surface area contributed by atoms with Crippen LogP contribution in [0.5, 0.6) is 0 Å². The standard InChI is InChI=1S/C17H23NO3S/c1-11-3-5-13(6-4-11)7-14-8-15(17(20)21)18(9-14)16(19)12(2)10-22/h3-6,12,14-15,22H,7-10H2,1-2H3,(H,20,21)/t12?,14?,15-/m0/s1. The van der Waals surface area contributed by atoms with Gasteiger partial charge in [-0.05, 0) is 31.2 Å². The van der Waals surface area contributed by atoms with Crippen LogP contribution >= 0.6 is 12.6 Å². The molecule has 1 fully saturated rings. The summed E-state index contributed by atoms with van der Waals surface area (Å²) in [7, 11) is 0. The first kappa shape index (κ1) is 16.9. The van der Waals surface area contributed by atoms with E-state index in [0.29, 0.717) is 18.7 Å². The van der Waals surface area contributed by atoms with Crippen LogP contribution in [0.2, 0.25) is 0 Å². The summed E-state index contributed by atoms with van der Waals surface area (Å²) in [4.78, 5) is 25.3. The summed E-state index contributed by atoms with van der Waals surface area (Å²) in [6, 6.07) is 7.57. The average molecular weight is 321 g/mol. The van der Waals surface area contributed by atoms with Crippen LogP contribution in [-0.2, 0) is 16.0 Å². The van der Waals surface area contributed by atoms with Crippen LogP contribution < -0.4 is 0 Å². The fourth-order valence-electron chi connectivity index (χ4n) is 2.97. The molecule has 0 aliphatic carbocycles. The number of thiol groups is 1. The lowest BCUT2D eigenvalue weighted by molar-refractivity contribution is -0.149. The number of carboxylic acid groups (broad SMARTS) is 1. The van der Waals surface area contributed by atoms with Crippen molar-refractivity contribution in [3.8, 4) is 0 Å². The molecule has 0 saturated carbocycles. The van der Waals surface area contributed by atoms with E-state index < -0.39 is 12.0 Å². The minimum absolute atomic E-state index is 0.103. The van der Waals surface area contributed by atoms with Crippen LogP contribution in [0.4, 0.5) is 0 Å². The lowest BCUT2D eigenvalue weighted by Gasteiger charge is -2.24. The zero-order valence-corrected chi connectivity index (χ0v) is 13.9.